The molecule has 1 unspecified atom stereocenters. The average molecular weight is 272 g/mol. The Balaban J connectivity index is 2.08. The van der Waals surface area contributed by atoms with Gasteiger partial charge in [0, 0.05) is 6.04 Å². The van der Waals surface area contributed by atoms with Crippen LogP contribution in [0.25, 0.3) is 0 Å². The van der Waals surface area contributed by atoms with Crippen LogP contribution in [-0.4, -0.2) is 0 Å². The van der Waals surface area contributed by atoms with E-state index in [2.05, 4.69) is 49.6 Å². The summed E-state index contributed by atoms with van der Waals surface area (Å²) in [5.41, 5.74) is 7.30. The summed E-state index contributed by atoms with van der Waals surface area (Å²) in [7, 11) is 0. The maximum Gasteiger partial charge on any atom is 0.0497 e. The number of allylic oxidation sites excluding steroid dienone is 1. The fourth-order valence-electron chi connectivity index (χ4n) is 3.03. The van der Waals surface area contributed by atoms with E-state index >= 15 is 0 Å². The summed E-state index contributed by atoms with van der Waals surface area (Å²) >= 11 is 0. The van der Waals surface area contributed by atoms with Gasteiger partial charge in [-0.2, -0.15) is 0 Å². The summed E-state index contributed by atoms with van der Waals surface area (Å²) in [5, 5.41) is 0. The molecule has 2 rings (SSSR count). The standard InChI is InChI=1S/C18H28N2/c1-14(2)11-16-9-6-10-17(12-16)18(20-19)13-15-7-4-3-5-8-15/h6-7,9-10,12,14,18,20H,3-5,8,11,13,19H2,1-2H3. The van der Waals surface area contributed by atoms with Crippen LogP contribution >= 0.6 is 0 Å². The molecule has 2 heteroatoms. The van der Waals surface area contributed by atoms with Crippen molar-refractivity contribution in [3.63, 3.8) is 0 Å². The first kappa shape index (κ1) is 15.3. The average Bonchev–Trinajstić information content (AvgIpc) is 2.45. The Morgan fingerprint density at radius 2 is 2.05 bits per heavy atom. The van der Waals surface area contributed by atoms with Gasteiger partial charge >= 0.3 is 0 Å². The smallest absolute Gasteiger partial charge is 0.0497 e. The summed E-state index contributed by atoms with van der Waals surface area (Å²) in [6, 6.07) is 9.13. The molecule has 1 aliphatic carbocycles. The summed E-state index contributed by atoms with van der Waals surface area (Å²) in [5.74, 6) is 6.49. The van der Waals surface area contributed by atoms with E-state index in [1.54, 1.807) is 5.57 Å². The normalized spacial score (nSPS) is 17.1. The van der Waals surface area contributed by atoms with Crippen molar-refractivity contribution in [2.24, 2.45) is 11.8 Å². The highest BCUT2D eigenvalue weighted by atomic mass is 15.2. The van der Waals surface area contributed by atoms with Crippen LogP contribution in [0.1, 0.15) is 63.1 Å². The molecule has 0 heterocycles. The lowest BCUT2D eigenvalue weighted by Gasteiger charge is -2.21. The number of hydrazine groups is 1. The van der Waals surface area contributed by atoms with E-state index in [1.165, 1.54) is 36.8 Å². The number of nitrogens with one attached hydrogen (secondary N) is 1. The van der Waals surface area contributed by atoms with Crippen LogP contribution in [0.15, 0.2) is 35.9 Å². The fourth-order valence-corrected chi connectivity index (χ4v) is 3.03. The van der Waals surface area contributed by atoms with E-state index in [0.717, 1.165) is 12.8 Å². The van der Waals surface area contributed by atoms with Crippen LogP contribution < -0.4 is 11.3 Å². The fraction of sp³-hybridized carbons (Fsp3) is 0.556. The van der Waals surface area contributed by atoms with Crippen LogP contribution in [0.5, 0.6) is 0 Å². The number of nitrogens with two attached hydrogens (primary N) is 1. The van der Waals surface area contributed by atoms with E-state index in [1.807, 2.05) is 0 Å². The lowest BCUT2D eigenvalue weighted by molar-refractivity contribution is 0.528. The highest BCUT2D eigenvalue weighted by molar-refractivity contribution is 5.27. The summed E-state index contributed by atoms with van der Waals surface area (Å²) in [6.07, 6.45) is 9.73. The number of rotatable bonds is 6. The Kier molecular flexibility index (Phi) is 5.81. The molecule has 1 aromatic carbocycles. The SMILES string of the molecule is CC(C)Cc1cccc(C(CC2=CCCCC2)NN)c1. The first-order chi connectivity index (χ1) is 9.69. The van der Waals surface area contributed by atoms with Gasteiger partial charge in [0.1, 0.15) is 0 Å². The third-order valence-corrected chi connectivity index (χ3v) is 4.05. The van der Waals surface area contributed by atoms with E-state index in [-0.39, 0.29) is 6.04 Å². The zero-order chi connectivity index (χ0) is 14.4. The maximum atomic E-state index is 5.80. The lowest BCUT2D eigenvalue weighted by Crippen LogP contribution is -2.28. The minimum absolute atomic E-state index is 0.242. The van der Waals surface area contributed by atoms with Crippen molar-refractivity contribution in [2.45, 2.75) is 58.4 Å². The van der Waals surface area contributed by atoms with E-state index in [9.17, 15) is 0 Å². The van der Waals surface area contributed by atoms with Gasteiger partial charge in [0.2, 0.25) is 0 Å². The predicted octanol–water partition coefficient (Wildman–Crippen LogP) is 4.28. The molecule has 0 amide bonds. The second-order valence-corrected chi connectivity index (χ2v) is 6.37. The molecule has 2 nitrogen and oxygen atoms in total. The molecule has 0 radical (unpaired) electrons. The van der Waals surface area contributed by atoms with Crippen LogP contribution in [0.3, 0.4) is 0 Å². The molecule has 0 fully saturated rings. The Morgan fingerprint density at radius 3 is 2.70 bits per heavy atom. The van der Waals surface area contributed by atoms with Gasteiger partial charge in [-0.1, -0.05) is 49.8 Å². The predicted molar refractivity (Wildman–Crippen MR) is 86.2 cm³/mol. The quantitative estimate of drug-likeness (QED) is 0.461. The Bertz CT molecular complexity index is 448. The van der Waals surface area contributed by atoms with Crippen molar-refractivity contribution in [2.75, 3.05) is 0 Å². The first-order valence-corrected chi connectivity index (χ1v) is 7.92. The number of hydrogen-bond donors (Lipinski definition) is 2. The van der Waals surface area contributed by atoms with Gasteiger partial charge in [-0.15, -0.1) is 0 Å². The Morgan fingerprint density at radius 1 is 1.20 bits per heavy atom. The minimum atomic E-state index is 0.242. The number of hydrogen-bond acceptors (Lipinski definition) is 2. The van der Waals surface area contributed by atoms with Crippen LogP contribution in [0.2, 0.25) is 0 Å². The topological polar surface area (TPSA) is 38.0 Å². The van der Waals surface area contributed by atoms with E-state index in [4.69, 9.17) is 5.84 Å². The second kappa shape index (κ2) is 7.61. The van der Waals surface area contributed by atoms with Crippen molar-refractivity contribution in [1.29, 1.82) is 0 Å². The molecule has 0 saturated heterocycles. The van der Waals surface area contributed by atoms with Gasteiger partial charge in [-0.3, -0.25) is 11.3 Å². The largest absolute Gasteiger partial charge is 0.271 e. The molecule has 0 bridgehead atoms. The zero-order valence-corrected chi connectivity index (χ0v) is 12.9. The van der Waals surface area contributed by atoms with Crippen molar-refractivity contribution in [1.82, 2.24) is 5.43 Å². The molecule has 0 aliphatic heterocycles. The lowest BCUT2D eigenvalue weighted by atomic mass is 9.90. The molecule has 0 saturated carbocycles. The van der Waals surface area contributed by atoms with Crippen LogP contribution in [0, 0.1) is 5.92 Å². The monoisotopic (exact) mass is 272 g/mol. The molecule has 1 aliphatic rings. The second-order valence-electron chi connectivity index (χ2n) is 6.37. The van der Waals surface area contributed by atoms with E-state index < -0.39 is 0 Å². The van der Waals surface area contributed by atoms with Crippen molar-refractivity contribution in [3.05, 3.63) is 47.0 Å². The molecule has 1 aromatic rings. The van der Waals surface area contributed by atoms with Crippen molar-refractivity contribution >= 4 is 0 Å². The van der Waals surface area contributed by atoms with Crippen molar-refractivity contribution < 1.29 is 0 Å². The maximum absolute atomic E-state index is 5.80. The Labute approximate surface area is 123 Å². The molecule has 20 heavy (non-hydrogen) atoms. The summed E-state index contributed by atoms with van der Waals surface area (Å²) in [6.45, 7) is 4.52. The molecule has 110 valence electrons. The molecule has 1 atom stereocenters. The minimum Gasteiger partial charge on any atom is -0.271 e. The van der Waals surface area contributed by atoms with Gasteiger partial charge < -0.3 is 0 Å². The van der Waals surface area contributed by atoms with Gasteiger partial charge in [-0.25, -0.2) is 0 Å². The first-order valence-electron chi connectivity index (χ1n) is 7.92. The molecule has 0 spiro atoms. The highest BCUT2D eigenvalue weighted by Gasteiger charge is 2.14. The van der Waals surface area contributed by atoms with Gasteiger partial charge in [0.15, 0.2) is 0 Å². The molecule has 0 aromatic heterocycles. The van der Waals surface area contributed by atoms with Crippen LogP contribution in [-0.2, 0) is 6.42 Å². The van der Waals surface area contributed by atoms with E-state index in [0.29, 0.717) is 5.92 Å². The zero-order valence-electron chi connectivity index (χ0n) is 12.9. The van der Waals surface area contributed by atoms with Crippen molar-refractivity contribution in [3.8, 4) is 0 Å². The number of benzene rings is 1. The third kappa shape index (κ3) is 4.46. The van der Waals surface area contributed by atoms with Gasteiger partial charge in [0.25, 0.3) is 0 Å². The molecular formula is C18H28N2. The molecule has 3 N–H and O–H groups in total. The summed E-state index contributed by atoms with van der Waals surface area (Å²) in [4.78, 5) is 0. The third-order valence-electron chi connectivity index (χ3n) is 4.05. The highest BCUT2D eigenvalue weighted by Crippen LogP contribution is 2.27. The van der Waals surface area contributed by atoms with Gasteiger partial charge in [-0.05, 0) is 55.6 Å². The summed E-state index contributed by atoms with van der Waals surface area (Å²) < 4.78 is 0. The van der Waals surface area contributed by atoms with Crippen LogP contribution in [0.4, 0.5) is 0 Å². The molecular weight excluding hydrogens is 244 g/mol. The van der Waals surface area contributed by atoms with Gasteiger partial charge in [0.05, 0.1) is 0 Å². The Hall–Kier alpha value is -1.12.